The molecule has 0 aliphatic rings. The summed E-state index contributed by atoms with van der Waals surface area (Å²) in [7, 11) is -2.87. The number of carbonyl (C=O) groups excluding carboxylic acids is 1. The van der Waals surface area contributed by atoms with Gasteiger partial charge in [-0.25, -0.2) is 4.98 Å². The van der Waals surface area contributed by atoms with E-state index < -0.39 is 8.25 Å². The van der Waals surface area contributed by atoms with Crippen molar-refractivity contribution in [3.05, 3.63) is 12.2 Å². The van der Waals surface area contributed by atoms with E-state index in [4.69, 9.17) is 14.4 Å². The van der Waals surface area contributed by atoms with Gasteiger partial charge in [0.1, 0.15) is 12.2 Å². The topological polar surface area (TPSA) is 116 Å². The number of aromatic nitrogens is 3. The maximum Gasteiger partial charge on any atom is 0.692 e. The molecule has 16 heavy (non-hydrogen) atoms. The van der Waals surface area contributed by atoms with Gasteiger partial charge in [-0.15, -0.1) is 9.79 Å². The van der Waals surface area contributed by atoms with E-state index in [0.29, 0.717) is 0 Å². The van der Waals surface area contributed by atoms with Crippen LogP contribution in [0.3, 0.4) is 0 Å². The summed E-state index contributed by atoms with van der Waals surface area (Å²) >= 11 is 1.28. The molecule has 7 nitrogen and oxygen atoms in total. The largest absolute Gasteiger partial charge is 0.692 e. The lowest BCUT2D eigenvalue weighted by Crippen LogP contribution is -1.98. The zero-order valence-electron chi connectivity index (χ0n) is 8.82. The van der Waals surface area contributed by atoms with Crippen LogP contribution in [0.2, 0.25) is 0 Å². The molecule has 0 radical (unpaired) electrons. The highest BCUT2D eigenvalue weighted by atomic mass is 32.2. The second kappa shape index (κ2) is 8.35. The fourth-order valence-corrected chi connectivity index (χ4v) is 1.70. The Hall–Kier alpha value is -0.820. The Morgan fingerprint density at radius 3 is 2.56 bits per heavy atom. The summed E-state index contributed by atoms with van der Waals surface area (Å²) in [6.07, 6.45) is 2.33. The zero-order valence-corrected chi connectivity index (χ0v) is 10.5. The van der Waals surface area contributed by atoms with E-state index in [1.807, 2.05) is 6.92 Å². The second-order valence-electron chi connectivity index (χ2n) is 2.63. The Labute approximate surface area is 97.6 Å². The minimum absolute atomic E-state index is 0.109. The SMILES string of the molecule is CCC(SC(C)=O)c1ncn[nH]1.O=[P+](O)O. The first-order valence-electron chi connectivity index (χ1n) is 4.34. The number of hydrogen-bond donors (Lipinski definition) is 3. The van der Waals surface area contributed by atoms with Crippen LogP contribution >= 0.6 is 20.0 Å². The zero-order chi connectivity index (χ0) is 12.6. The molecule has 1 rings (SSSR count). The van der Waals surface area contributed by atoms with Gasteiger partial charge in [-0.3, -0.25) is 9.89 Å². The fraction of sp³-hybridized carbons (Fsp3) is 0.571. The van der Waals surface area contributed by atoms with Crippen molar-refractivity contribution in [1.82, 2.24) is 15.2 Å². The van der Waals surface area contributed by atoms with E-state index >= 15 is 0 Å². The molecule has 0 aromatic carbocycles. The number of rotatable bonds is 3. The Morgan fingerprint density at radius 1 is 1.69 bits per heavy atom. The van der Waals surface area contributed by atoms with Crippen LogP contribution in [-0.2, 0) is 9.36 Å². The minimum Gasteiger partial charge on any atom is -0.288 e. The van der Waals surface area contributed by atoms with E-state index in [1.165, 1.54) is 18.1 Å². The fourth-order valence-electron chi connectivity index (χ4n) is 0.903. The van der Waals surface area contributed by atoms with E-state index in [0.717, 1.165) is 12.2 Å². The van der Waals surface area contributed by atoms with Gasteiger partial charge in [0.15, 0.2) is 5.12 Å². The molecule has 0 fully saturated rings. The normalized spacial score (nSPS) is 11.2. The smallest absolute Gasteiger partial charge is 0.288 e. The molecule has 1 atom stereocenters. The molecule has 0 aliphatic carbocycles. The summed E-state index contributed by atoms with van der Waals surface area (Å²) in [5.41, 5.74) is 0. The molecule has 1 unspecified atom stereocenters. The van der Waals surface area contributed by atoms with Crippen LogP contribution in [0.5, 0.6) is 0 Å². The van der Waals surface area contributed by atoms with Crippen molar-refractivity contribution in [1.29, 1.82) is 0 Å². The maximum absolute atomic E-state index is 10.8. The first-order chi connectivity index (χ1) is 7.47. The summed E-state index contributed by atoms with van der Waals surface area (Å²) in [4.78, 5) is 29.1. The quantitative estimate of drug-likeness (QED) is 0.703. The second-order valence-corrected chi connectivity index (χ2v) is 4.51. The maximum atomic E-state index is 10.8. The van der Waals surface area contributed by atoms with Crippen LogP contribution in [0.1, 0.15) is 31.3 Å². The van der Waals surface area contributed by atoms with Crippen LogP contribution in [0.4, 0.5) is 0 Å². The molecule has 0 spiro atoms. The first-order valence-corrected chi connectivity index (χ1v) is 6.39. The average Bonchev–Trinajstić information content (AvgIpc) is 2.65. The molecule has 1 heterocycles. The molecule has 0 saturated heterocycles. The summed E-state index contributed by atoms with van der Waals surface area (Å²) in [6.45, 7) is 3.58. The third-order valence-corrected chi connectivity index (χ3v) is 2.59. The van der Waals surface area contributed by atoms with E-state index in [2.05, 4.69) is 15.2 Å². The van der Waals surface area contributed by atoms with Gasteiger partial charge in [0.25, 0.3) is 0 Å². The number of hydrogen-bond acceptors (Lipinski definition) is 5. The van der Waals surface area contributed by atoms with Gasteiger partial charge >= 0.3 is 8.25 Å². The number of nitrogens with zero attached hydrogens (tertiary/aromatic N) is 2. The van der Waals surface area contributed by atoms with Gasteiger partial charge < -0.3 is 0 Å². The summed E-state index contributed by atoms with van der Waals surface area (Å²) in [6, 6.07) is 0. The van der Waals surface area contributed by atoms with Gasteiger partial charge in [0.05, 0.1) is 5.25 Å². The van der Waals surface area contributed by atoms with Crippen LogP contribution < -0.4 is 0 Å². The number of thioether (sulfide) groups is 1. The summed E-state index contributed by atoms with van der Waals surface area (Å²) in [5.74, 6) is 0.776. The van der Waals surface area contributed by atoms with Gasteiger partial charge in [-0.2, -0.15) is 5.10 Å². The predicted octanol–water partition coefficient (Wildman–Crippen LogP) is 1.16. The molecule has 0 aliphatic heterocycles. The minimum atomic E-state index is -2.87. The molecule has 1 aromatic heterocycles. The highest BCUT2D eigenvalue weighted by Crippen LogP contribution is 2.29. The van der Waals surface area contributed by atoms with Crippen molar-refractivity contribution in [3.8, 4) is 0 Å². The van der Waals surface area contributed by atoms with Crippen LogP contribution in [0.15, 0.2) is 6.33 Å². The first kappa shape index (κ1) is 15.2. The van der Waals surface area contributed by atoms with E-state index in [1.54, 1.807) is 6.92 Å². The van der Waals surface area contributed by atoms with Gasteiger partial charge in [-0.1, -0.05) is 18.7 Å². The third-order valence-electron chi connectivity index (χ3n) is 1.42. The Kier molecular flexibility index (Phi) is 7.92. The monoisotopic (exact) mass is 266 g/mol. The van der Waals surface area contributed by atoms with Crippen LogP contribution in [0, 0.1) is 0 Å². The van der Waals surface area contributed by atoms with Crippen molar-refractivity contribution in [2.45, 2.75) is 25.5 Å². The van der Waals surface area contributed by atoms with Crippen molar-refractivity contribution < 1.29 is 19.1 Å². The molecular formula is C7H13N3O4PS+. The summed E-state index contributed by atoms with van der Waals surface area (Å²) in [5, 5.41) is 6.72. The highest BCUT2D eigenvalue weighted by molar-refractivity contribution is 8.13. The van der Waals surface area contributed by atoms with Crippen LogP contribution in [-0.4, -0.2) is 30.1 Å². The molecule has 0 saturated carbocycles. The lowest BCUT2D eigenvalue weighted by Gasteiger charge is -2.07. The van der Waals surface area contributed by atoms with E-state index in [-0.39, 0.29) is 10.4 Å². The van der Waals surface area contributed by atoms with Crippen LogP contribution in [0.25, 0.3) is 0 Å². The highest BCUT2D eigenvalue weighted by Gasteiger charge is 2.14. The number of aromatic amines is 1. The number of nitrogens with one attached hydrogen (secondary N) is 1. The Morgan fingerprint density at radius 2 is 2.25 bits per heavy atom. The lowest BCUT2D eigenvalue weighted by atomic mass is 10.3. The predicted molar refractivity (Wildman–Crippen MR) is 59.7 cm³/mol. The molecule has 9 heteroatoms. The lowest BCUT2D eigenvalue weighted by molar-refractivity contribution is -0.109. The third kappa shape index (κ3) is 7.47. The average molecular weight is 266 g/mol. The van der Waals surface area contributed by atoms with Crippen molar-refractivity contribution in [2.24, 2.45) is 0 Å². The van der Waals surface area contributed by atoms with Gasteiger partial charge in [-0.05, 0) is 6.42 Å². The molecule has 0 bridgehead atoms. The van der Waals surface area contributed by atoms with Crippen molar-refractivity contribution in [2.75, 3.05) is 0 Å². The molecule has 1 aromatic rings. The standard InChI is InChI=1S/C7H11N3OS.HO3P/c1-3-6(12-5(2)11)7-8-4-9-10-7;1-4(2)3/h4,6H,3H2,1-2H3,(H,8,9,10);(H-,1,2,3)/p+1. The van der Waals surface area contributed by atoms with Gasteiger partial charge in [0.2, 0.25) is 0 Å². The molecule has 3 N–H and O–H groups in total. The van der Waals surface area contributed by atoms with Gasteiger partial charge in [0, 0.05) is 11.5 Å². The van der Waals surface area contributed by atoms with Crippen molar-refractivity contribution in [3.63, 3.8) is 0 Å². The van der Waals surface area contributed by atoms with Crippen molar-refractivity contribution >= 4 is 25.1 Å². The van der Waals surface area contributed by atoms with E-state index in [9.17, 15) is 4.79 Å². The molecular weight excluding hydrogens is 253 g/mol. The molecule has 90 valence electrons. The Bertz CT molecular complexity index is 328. The Balaban J connectivity index is 0.000000487. The number of carbonyl (C=O) groups is 1. The molecule has 0 amide bonds. The summed E-state index contributed by atoms with van der Waals surface area (Å²) < 4.78 is 8.70. The number of H-pyrrole nitrogens is 1.